The normalized spacial score (nSPS) is 14.2. The van der Waals surface area contributed by atoms with Crippen LogP contribution in [0.3, 0.4) is 0 Å². The largest absolute Gasteiger partial charge is 0.506 e. The lowest BCUT2D eigenvalue weighted by Crippen LogP contribution is -2.44. The number of ether oxygens (including phenoxy) is 1. The first-order valence-corrected chi connectivity index (χ1v) is 11.7. The van der Waals surface area contributed by atoms with E-state index in [1.54, 1.807) is 16.8 Å². The van der Waals surface area contributed by atoms with Gasteiger partial charge in [-0.2, -0.15) is 5.10 Å². The summed E-state index contributed by atoms with van der Waals surface area (Å²) in [5.41, 5.74) is 4.25. The summed E-state index contributed by atoms with van der Waals surface area (Å²) < 4.78 is 6.99. The van der Waals surface area contributed by atoms with E-state index in [1.807, 2.05) is 48.5 Å². The number of nitrogens with zero attached hydrogens (tertiary/aromatic N) is 2. The fraction of sp³-hybridized carbons (Fsp3) is 0.185. The Bertz CT molecular complexity index is 1350. The smallest absolute Gasteiger partial charge is 0.324 e. The van der Waals surface area contributed by atoms with Gasteiger partial charge in [-0.3, -0.25) is 5.32 Å². The first-order chi connectivity index (χ1) is 16.9. The zero-order valence-corrected chi connectivity index (χ0v) is 19.9. The third-order valence-electron chi connectivity index (χ3n) is 6.05. The molecule has 1 aliphatic rings. The van der Waals surface area contributed by atoms with E-state index in [2.05, 4.69) is 29.7 Å². The van der Waals surface area contributed by atoms with Crippen LogP contribution in [0.4, 0.5) is 16.3 Å². The average Bonchev–Trinajstić information content (AvgIpc) is 3.25. The lowest BCUT2D eigenvalue weighted by Gasteiger charge is -2.36. The van der Waals surface area contributed by atoms with Gasteiger partial charge in [0.25, 0.3) is 0 Å². The Hall–Kier alpha value is -3.81. The van der Waals surface area contributed by atoms with Crippen molar-refractivity contribution in [1.29, 1.82) is 0 Å². The molecular formula is C27H25ClN4O3. The highest BCUT2D eigenvalue weighted by Gasteiger charge is 2.38. The van der Waals surface area contributed by atoms with Crippen molar-refractivity contribution in [3.05, 3.63) is 101 Å². The van der Waals surface area contributed by atoms with Gasteiger partial charge in [0, 0.05) is 11.8 Å². The quantitative estimate of drug-likeness (QED) is 0.322. The summed E-state index contributed by atoms with van der Waals surface area (Å²) in [4.78, 5) is 12.9. The maximum Gasteiger partial charge on any atom is 0.324 e. The number of hydrogen-bond acceptors (Lipinski definition) is 4. The predicted octanol–water partition coefficient (Wildman–Crippen LogP) is 5.75. The van der Waals surface area contributed by atoms with Gasteiger partial charge < -0.3 is 15.2 Å². The molecule has 35 heavy (non-hydrogen) atoms. The molecule has 1 aromatic heterocycles. The summed E-state index contributed by atoms with van der Waals surface area (Å²) >= 11 is 6.12. The van der Waals surface area contributed by atoms with Crippen molar-refractivity contribution in [2.24, 2.45) is 0 Å². The molecule has 0 radical (unpaired) electrons. The number of phenolic OH excluding ortho intramolecular Hbond substituents is 1. The van der Waals surface area contributed by atoms with Crippen molar-refractivity contribution < 1.29 is 14.6 Å². The minimum Gasteiger partial charge on any atom is -0.506 e. The number of hydrogen-bond donors (Lipinski definition) is 3. The van der Waals surface area contributed by atoms with Crippen molar-refractivity contribution in [2.75, 3.05) is 23.8 Å². The van der Waals surface area contributed by atoms with Crippen molar-refractivity contribution in [3.63, 3.8) is 0 Å². The molecule has 2 amide bonds. The number of nitrogens with one attached hydrogen (secondary N) is 2. The number of anilines is 2. The van der Waals surface area contributed by atoms with E-state index < -0.39 is 6.03 Å². The fourth-order valence-electron chi connectivity index (χ4n) is 3.96. The molecule has 0 unspecified atom stereocenters. The second kappa shape index (κ2) is 9.44. The van der Waals surface area contributed by atoms with Crippen LogP contribution in [0.15, 0.2) is 78.9 Å². The maximum atomic E-state index is 12.9. The summed E-state index contributed by atoms with van der Waals surface area (Å²) in [6.07, 6.45) is 0.826. The highest BCUT2D eigenvalue weighted by Crippen LogP contribution is 2.34. The monoisotopic (exact) mass is 488 g/mol. The van der Waals surface area contributed by atoms with Gasteiger partial charge in [-0.1, -0.05) is 54.1 Å². The molecule has 3 N–H and O–H groups in total. The number of benzene rings is 3. The summed E-state index contributed by atoms with van der Waals surface area (Å²) in [6.45, 7) is 3.18. The highest BCUT2D eigenvalue weighted by atomic mass is 35.5. The summed E-state index contributed by atoms with van der Waals surface area (Å²) in [7, 11) is 0. The molecule has 4 aromatic rings. The molecule has 1 fully saturated rings. The number of carbonyl (C=O) groups excluding carboxylic acids is 1. The Morgan fingerprint density at radius 1 is 1.03 bits per heavy atom. The summed E-state index contributed by atoms with van der Waals surface area (Å²) in [6, 6.07) is 24.2. The third kappa shape index (κ3) is 5.01. The minimum atomic E-state index is -0.395. The van der Waals surface area contributed by atoms with Gasteiger partial charge in [0.05, 0.1) is 35.0 Å². The molecule has 0 saturated carbocycles. The minimum absolute atomic E-state index is 0.0230. The van der Waals surface area contributed by atoms with E-state index in [-0.39, 0.29) is 16.2 Å². The van der Waals surface area contributed by atoms with Gasteiger partial charge in [0.15, 0.2) is 0 Å². The molecule has 178 valence electrons. The average molecular weight is 489 g/mol. The number of phenols is 1. The standard InChI is InChI=1S/C27H25ClN4O3/c1-27(16-35-17-27)24-15-25(32(31-24)21-11-12-23(33)22(28)14-21)30-26(34)29-20-9-7-19(8-10-20)13-18-5-3-2-4-6-18/h2-12,14-15,33H,13,16-17H2,1H3,(H2,29,30,34). The summed E-state index contributed by atoms with van der Waals surface area (Å²) in [5.74, 6) is 0.457. The van der Waals surface area contributed by atoms with Gasteiger partial charge in [-0.05, 0) is 54.8 Å². The molecule has 0 aliphatic carbocycles. The highest BCUT2D eigenvalue weighted by molar-refractivity contribution is 6.32. The number of aromatic hydroxyl groups is 1. The maximum absolute atomic E-state index is 12.9. The van der Waals surface area contributed by atoms with Gasteiger partial charge in [-0.25, -0.2) is 9.48 Å². The van der Waals surface area contributed by atoms with E-state index in [0.29, 0.717) is 30.4 Å². The van der Waals surface area contributed by atoms with E-state index in [1.165, 1.54) is 11.6 Å². The number of urea groups is 1. The Labute approximate surface area is 208 Å². The van der Waals surface area contributed by atoms with E-state index in [4.69, 9.17) is 21.4 Å². The van der Waals surface area contributed by atoms with E-state index in [0.717, 1.165) is 17.7 Å². The van der Waals surface area contributed by atoms with Crippen LogP contribution < -0.4 is 10.6 Å². The van der Waals surface area contributed by atoms with E-state index >= 15 is 0 Å². The number of aromatic nitrogens is 2. The molecule has 1 aliphatic heterocycles. The lowest BCUT2D eigenvalue weighted by atomic mass is 9.85. The van der Waals surface area contributed by atoms with Crippen LogP contribution in [-0.4, -0.2) is 34.1 Å². The molecule has 5 rings (SSSR count). The Morgan fingerprint density at radius 2 is 1.74 bits per heavy atom. The molecular weight excluding hydrogens is 464 g/mol. The van der Waals surface area contributed by atoms with Crippen molar-refractivity contribution in [3.8, 4) is 11.4 Å². The van der Waals surface area contributed by atoms with Crippen molar-refractivity contribution in [1.82, 2.24) is 9.78 Å². The third-order valence-corrected chi connectivity index (χ3v) is 6.35. The van der Waals surface area contributed by atoms with Crippen LogP contribution in [0.5, 0.6) is 5.75 Å². The Morgan fingerprint density at radius 3 is 2.40 bits per heavy atom. The van der Waals surface area contributed by atoms with Crippen LogP contribution in [0.1, 0.15) is 23.7 Å². The molecule has 1 saturated heterocycles. The zero-order chi connectivity index (χ0) is 24.4. The number of amides is 2. The van der Waals surface area contributed by atoms with E-state index in [9.17, 15) is 9.90 Å². The SMILES string of the molecule is CC1(c2cc(NC(=O)Nc3ccc(Cc4ccccc4)cc3)n(-c3ccc(O)c(Cl)c3)n2)COC1. The number of halogens is 1. The second-order valence-electron chi connectivity index (χ2n) is 8.95. The molecule has 7 nitrogen and oxygen atoms in total. The van der Waals surface area contributed by atoms with Crippen LogP contribution in [0.2, 0.25) is 5.02 Å². The molecule has 2 heterocycles. The Balaban J connectivity index is 1.33. The Kier molecular flexibility index (Phi) is 6.19. The van der Waals surface area contributed by atoms with Gasteiger partial charge >= 0.3 is 6.03 Å². The number of carbonyl (C=O) groups is 1. The van der Waals surface area contributed by atoms with Gasteiger partial charge in [0.1, 0.15) is 11.6 Å². The van der Waals surface area contributed by atoms with Gasteiger partial charge in [0.2, 0.25) is 0 Å². The molecule has 8 heteroatoms. The molecule has 0 atom stereocenters. The lowest BCUT2D eigenvalue weighted by molar-refractivity contribution is -0.0522. The van der Waals surface area contributed by atoms with Crippen molar-refractivity contribution in [2.45, 2.75) is 18.8 Å². The first kappa shape index (κ1) is 23.0. The predicted molar refractivity (Wildman–Crippen MR) is 137 cm³/mol. The molecule has 3 aromatic carbocycles. The zero-order valence-electron chi connectivity index (χ0n) is 19.2. The fourth-order valence-corrected chi connectivity index (χ4v) is 4.14. The number of rotatable bonds is 6. The summed E-state index contributed by atoms with van der Waals surface area (Å²) in [5, 5.41) is 20.5. The van der Waals surface area contributed by atoms with Crippen LogP contribution in [0, 0.1) is 0 Å². The first-order valence-electron chi connectivity index (χ1n) is 11.3. The van der Waals surface area contributed by atoms with Crippen LogP contribution in [-0.2, 0) is 16.6 Å². The topological polar surface area (TPSA) is 88.4 Å². The molecule has 0 spiro atoms. The van der Waals surface area contributed by atoms with Crippen LogP contribution >= 0.6 is 11.6 Å². The van der Waals surface area contributed by atoms with Crippen molar-refractivity contribution >= 4 is 29.1 Å². The van der Waals surface area contributed by atoms with Gasteiger partial charge in [-0.15, -0.1) is 0 Å². The van der Waals surface area contributed by atoms with Crippen LogP contribution in [0.25, 0.3) is 5.69 Å². The second-order valence-corrected chi connectivity index (χ2v) is 9.36. The molecule has 0 bridgehead atoms.